The standard InChI is InChI=1S/C15H15BrF3N/c16-12-2-1-11-3-4-14(13(11)9-12)5-7-20(8-6-14)10-15(17,18)19/h1-4,9H,5-8,10H2. The number of benzene rings is 1. The Hall–Kier alpha value is -0.810. The molecule has 1 aliphatic heterocycles. The molecule has 2 aliphatic rings. The van der Waals surface area contributed by atoms with Crippen LogP contribution in [0.5, 0.6) is 0 Å². The smallest absolute Gasteiger partial charge is 0.295 e. The lowest BCUT2D eigenvalue weighted by atomic mass is 9.74. The van der Waals surface area contributed by atoms with Crippen molar-refractivity contribution in [1.29, 1.82) is 0 Å². The molecule has 1 fully saturated rings. The second kappa shape index (κ2) is 4.88. The van der Waals surface area contributed by atoms with Gasteiger partial charge in [0.15, 0.2) is 0 Å². The summed E-state index contributed by atoms with van der Waals surface area (Å²) in [6.07, 6.45) is 1.68. The van der Waals surface area contributed by atoms with Crippen molar-refractivity contribution in [3.63, 3.8) is 0 Å². The number of rotatable bonds is 1. The zero-order valence-corrected chi connectivity index (χ0v) is 12.5. The molecule has 1 saturated heterocycles. The summed E-state index contributed by atoms with van der Waals surface area (Å²) in [7, 11) is 0. The highest BCUT2D eigenvalue weighted by atomic mass is 79.9. The number of hydrogen-bond donors (Lipinski definition) is 0. The number of hydrogen-bond acceptors (Lipinski definition) is 1. The van der Waals surface area contributed by atoms with Gasteiger partial charge in [0.05, 0.1) is 6.54 Å². The molecule has 0 aromatic heterocycles. The average Bonchev–Trinajstić information content (AvgIpc) is 2.70. The third-order valence-electron chi connectivity index (χ3n) is 4.28. The maximum absolute atomic E-state index is 12.4. The van der Waals surface area contributed by atoms with Crippen LogP contribution in [0.3, 0.4) is 0 Å². The molecule has 1 aromatic carbocycles. The molecule has 0 N–H and O–H groups in total. The van der Waals surface area contributed by atoms with Crippen LogP contribution in [0.15, 0.2) is 28.7 Å². The van der Waals surface area contributed by atoms with Gasteiger partial charge in [0, 0.05) is 9.89 Å². The molecule has 1 spiro atoms. The van der Waals surface area contributed by atoms with Gasteiger partial charge in [-0.15, -0.1) is 0 Å². The highest BCUT2D eigenvalue weighted by molar-refractivity contribution is 9.10. The van der Waals surface area contributed by atoms with E-state index in [-0.39, 0.29) is 5.41 Å². The minimum atomic E-state index is -4.10. The van der Waals surface area contributed by atoms with Crippen molar-refractivity contribution in [2.24, 2.45) is 0 Å². The maximum atomic E-state index is 12.4. The Bertz CT molecular complexity index is 543. The summed E-state index contributed by atoms with van der Waals surface area (Å²) in [5.74, 6) is 0. The van der Waals surface area contributed by atoms with Crippen LogP contribution in [0.4, 0.5) is 13.2 Å². The van der Waals surface area contributed by atoms with Crippen molar-refractivity contribution >= 4 is 22.0 Å². The molecular weight excluding hydrogens is 331 g/mol. The third-order valence-corrected chi connectivity index (χ3v) is 4.78. The Morgan fingerprint density at radius 1 is 1.20 bits per heavy atom. The molecule has 0 unspecified atom stereocenters. The summed E-state index contributed by atoms with van der Waals surface area (Å²) in [6.45, 7) is 0.198. The van der Waals surface area contributed by atoms with Crippen LogP contribution in [0.25, 0.3) is 6.08 Å². The van der Waals surface area contributed by atoms with Crippen LogP contribution in [-0.2, 0) is 5.41 Å². The molecular formula is C15H15BrF3N. The fraction of sp³-hybridized carbons (Fsp3) is 0.467. The van der Waals surface area contributed by atoms with Gasteiger partial charge in [-0.3, -0.25) is 4.90 Å². The van der Waals surface area contributed by atoms with Gasteiger partial charge in [-0.05, 0) is 49.2 Å². The SMILES string of the molecule is FC(F)(F)CN1CCC2(C=Cc3ccc(Br)cc32)CC1. The van der Waals surface area contributed by atoms with Crippen LogP contribution < -0.4 is 0 Å². The Labute approximate surface area is 124 Å². The molecule has 0 amide bonds. The molecule has 0 bridgehead atoms. The molecule has 1 aromatic rings. The van der Waals surface area contributed by atoms with Crippen molar-refractivity contribution in [3.8, 4) is 0 Å². The van der Waals surface area contributed by atoms with Gasteiger partial charge in [0.1, 0.15) is 0 Å². The molecule has 1 aliphatic carbocycles. The van der Waals surface area contributed by atoms with E-state index in [1.165, 1.54) is 16.0 Å². The van der Waals surface area contributed by atoms with Crippen molar-refractivity contribution in [2.45, 2.75) is 24.4 Å². The molecule has 20 heavy (non-hydrogen) atoms. The van der Waals surface area contributed by atoms with Gasteiger partial charge in [-0.1, -0.05) is 34.1 Å². The van der Waals surface area contributed by atoms with E-state index < -0.39 is 12.7 Å². The molecule has 5 heteroatoms. The van der Waals surface area contributed by atoms with E-state index in [0.717, 1.165) is 17.3 Å². The highest BCUT2D eigenvalue weighted by Crippen LogP contribution is 2.44. The first-order valence-electron chi connectivity index (χ1n) is 6.66. The number of fused-ring (bicyclic) bond motifs is 2. The summed E-state index contributed by atoms with van der Waals surface area (Å²) in [6, 6.07) is 6.17. The number of nitrogens with zero attached hydrogens (tertiary/aromatic N) is 1. The second-order valence-electron chi connectivity index (χ2n) is 5.61. The fourth-order valence-corrected chi connectivity index (χ4v) is 3.60. The minimum absolute atomic E-state index is 0.0682. The van der Waals surface area contributed by atoms with Crippen molar-refractivity contribution in [2.75, 3.05) is 19.6 Å². The fourth-order valence-electron chi connectivity index (χ4n) is 3.24. The van der Waals surface area contributed by atoms with E-state index >= 15 is 0 Å². The monoisotopic (exact) mass is 345 g/mol. The van der Waals surface area contributed by atoms with Gasteiger partial charge in [0.2, 0.25) is 0 Å². The predicted molar refractivity (Wildman–Crippen MR) is 76.6 cm³/mol. The van der Waals surface area contributed by atoms with E-state index in [0.29, 0.717) is 13.1 Å². The first-order valence-corrected chi connectivity index (χ1v) is 7.46. The Morgan fingerprint density at radius 3 is 2.55 bits per heavy atom. The minimum Gasteiger partial charge on any atom is -0.295 e. The largest absolute Gasteiger partial charge is 0.401 e. The number of halogens is 4. The van der Waals surface area contributed by atoms with Crippen molar-refractivity contribution < 1.29 is 13.2 Å². The number of alkyl halides is 3. The Kier molecular flexibility index (Phi) is 3.45. The van der Waals surface area contributed by atoms with Crippen LogP contribution in [0.1, 0.15) is 24.0 Å². The van der Waals surface area contributed by atoms with Gasteiger partial charge >= 0.3 is 6.18 Å². The van der Waals surface area contributed by atoms with Crippen molar-refractivity contribution in [3.05, 3.63) is 39.9 Å². The van der Waals surface area contributed by atoms with E-state index in [2.05, 4.69) is 40.2 Å². The van der Waals surface area contributed by atoms with Gasteiger partial charge < -0.3 is 0 Å². The Balaban J connectivity index is 1.76. The second-order valence-corrected chi connectivity index (χ2v) is 6.53. The quantitative estimate of drug-likeness (QED) is 0.730. The summed E-state index contributed by atoms with van der Waals surface area (Å²) in [4.78, 5) is 1.51. The molecule has 1 heterocycles. The lowest BCUT2D eigenvalue weighted by Crippen LogP contribution is -2.44. The number of allylic oxidation sites excluding steroid dienone is 1. The van der Waals surface area contributed by atoms with E-state index in [1.807, 2.05) is 6.07 Å². The van der Waals surface area contributed by atoms with Crippen LogP contribution >= 0.6 is 15.9 Å². The molecule has 0 atom stereocenters. The zero-order chi connectivity index (χ0) is 14.4. The van der Waals surface area contributed by atoms with Crippen molar-refractivity contribution in [1.82, 2.24) is 4.90 Å². The number of piperidine rings is 1. The zero-order valence-electron chi connectivity index (χ0n) is 10.9. The van der Waals surface area contributed by atoms with Gasteiger partial charge in [-0.2, -0.15) is 13.2 Å². The maximum Gasteiger partial charge on any atom is 0.401 e. The first-order chi connectivity index (χ1) is 9.38. The van der Waals surface area contributed by atoms with Crippen LogP contribution in [-0.4, -0.2) is 30.7 Å². The van der Waals surface area contributed by atoms with Gasteiger partial charge in [0.25, 0.3) is 0 Å². The third kappa shape index (κ3) is 2.66. The summed E-state index contributed by atoms with van der Waals surface area (Å²) in [5, 5.41) is 0. The topological polar surface area (TPSA) is 3.24 Å². The first kappa shape index (κ1) is 14.1. The Morgan fingerprint density at radius 2 is 1.90 bits per heavy atom. The van der Waals surface area contributed by atoms with Crippen LogP contribution in [0, 0.1) is 0 Å². The molecule has 1 nitrogen and oxygen atoms in total. The summed E-state index contributed by atoms with van der Waals surface area (Å²) < 4.78 is 38.3. The molecule has 108 valence electrons. The van der Waals surface area contributed by atoms with Gasteiger partial charge in [-0.25, -0.2) is 0 Å². The summed E-state index contributed by atoms with van der Waals surface area (Å²) in [5.41, 5.74) is 2.37. The lowest BCUT2D eigenvalue weighted by molar-refractivity contribution is -0.148. The van der Waals surface area contributed by atoms with E-state index in [1.54, 1.807) is 0 Å². The molecule has 3 rings (SSSR count). The lowest BCUT2D eigenvalue weighted by Gasteiger charge is -2.39. The average molecular weight is 346 g/mol. The molecule has 0 saturated carbocycles. The normalized spacial score (nSPS) is 21.4. The van der Waals surface area contributed by atoms with Crippen LogP contribution in [0.2, 0.25) is 0 Å². The predicted octanol–water partition coefficient (Wildman–Crippen LogP) is 4.37. The molecule has 0 radical (unpaired) electrons. The summed E-state index contributed by atoms with van der Waals surface area (Å²) >= 11 is 3.48. The van der Waals surface area contributed by atoms with E-state index in [9.17, 15) is 13.2 Å². The highest BCUT2D eigenvalue weighted by Gasteiger charge is 2.40. The van der Waals surface area contributed by atoms with E-state index in [4.69, 9.17) is 0 Å². The number of likely N-dealkylation sites (tertiary alicyclic amines) is 1.